The molecule has 0 bridgehead atoms. The number of aromatic nitrogens is 2. The number of amides is 1. The Bertz CT molecular complexity index is 723. The standard InChI is InChI=1S/C15H21N3O9/c16-12(22)9-13(23)18(4-3-17-9)14-11(21)10(20)8(27-14)7-26-15(24)25-6-2-1-5-19/h3-4,8,10-11,14,19-21H,1-2,5-7H2,(H2,16,22)/t8-,10-,11-,14-/m1/s1. The smallest absolute Gasteiger partial charge is 0.434 e. The molecule has 0 radical (unpaired) electrons. The summed E-state index contributed by atoms with van der Waals surface area (Å²) in [7, 11) is 0. The Morgan fingerprint density at radius 1 is 1.26 bits per heavy atom. The summed E-state index contributed by atoms with van der Waals surface area (Å²) in [5.74, 6) is -1.05. The van der Waals surface area contributed by atoms with Gasteiger partial charge < -0.3 is 35.3 Å². The van der Waals surface area contributed by atoms with Crippen LogP contribution in [0.15, 0.2) is 17.2 Å². The van der Waals surface area contributed by atoms with Crippen molar-refractivity contribution in [2.24, 2.45) is 5.73 Å². The number of primary amides is 1. The van der Waals surface area contributed by atoms with Crippen molar-refractivity contribution in [3.8, 4) is 0 Å². The minimum Gasteiger partial charge on any atom is -0.434 e. The minimum absolute atomic E-state index is 0.0222. The predicted molar refractivity (Wildman–Crippen MR) is 86.6 cm³/mol. The number of aliphatic hydroxyl groups is 3. The van der Waals surface area contributed by atoms with Crippen molar-refractivity contribution in [2.75, 3.05) is 19.8 Å². The maximum Gasteiger partial charge on any atom is 0.508 e. The highest BCUT2D eigenvalue weighted by Crippen LogP contribution is 2.28. The number of hydrogen-bond acceptors (Lipinski definition) is 10. The molecule has 12 nitrogen and oxygen atoms in total. The molecule has 5 N–H and O–H groups in total. The molecule has 0 spiro atoms. The monoisotopic (exact) mass is 387 g/mol. The van der Waals surface area contributed by atoms with Gasteiger partial charge >= 0.3 is 6.16 Å². The second kappa shape index (κ2) is 9.41. The summed E-state index contributed by atoms with van der Waals surface area (Å²) in [6.45, 7) is -0.400. The Balaban J connectivity index is 1.98. The number of unbranched alkanes of at least 4 members (excludes halogenated alkanes) is 1. The van der Waals surface area contributed by atoms with Crippen molar-refractivity contribution in [1.82, 2.24) is 9.55 Å². The quantitative estimate of drug-likeness (QED) is 0.284. The lowest BCUT2D eigenvalue weighted by molar-refractivity contribution is -0.0639. The molecule has 0 aliphatic carbocycles. The van der Waals surface area contributed by atoms with Crippen LogP contribution in [0.5, 0.6) is 0 Å². The summed E-state index contributed by atoms with van der Waals surface area (Å²) in [5, 5.41) is 28.8. The first-order chi connectivity index (χ1) is 12.9. The Morgan fingerprint density at radius 3 is 2.67 bits per heavy atom. The Labute approximate surface area is 153 Å². The minimum atomic E-state index is -1.53. The van der Waals surface area contributed by atoms with Crippen molar-refractivity contribution in [1.29, 1.82) is 0 Å². The third-order valence-corrected chi connectivity index (χ3v) is 3.85. The fraction of sp³-hybridized carbons (Fsp3) is 0.600. The molecule has 1 aliphatic rings. The van der Waals surface area contributed by atoms with E-state index >= 15 is 0 Å². The van der Waals surface area contributed by atoms with Gasteiger partial charge in [-0.2, -0.15) is 0 Å². The van der Waals surface area contributed by atoms with E-state index in [-0.39, 0.29) is 13.2 Å². The maximum absolute atomic E-state index is 12.2. The summed E-state index contributed by atoms with van der Waals surface area (Å²) in [4.78, 5) is 38.4. The summed E-state index contributed by atoms with van der Waals surface area (Å²) < 4.78 is 15.8. The zero-order valence-electron chi connectivity index (χ0n) is 14.3. The maximum atomic E-state index is 12.2. The number of nitrogens with zero attached hydrogens (tertiary/aromatic N) is 2. The molecule has 0 saturated carbocycles. The predicted octanol–water partition coefficient (Wildman–Crippen LogP) is -2.11. The second-order valence-electron chi connectivity index (χ2n) is 5.74. The van der Waals surface area contributed by atoms with Crippen molar-refractivity contribution >= 4 is 12.1 Å². The van der Waals surface area contributed by atoms with E-state index < -0.39 is 54.5 Å². The molecule has 1 aliphatic heterocycles. The normalized spacial score (nSPS) is 24.6. The zero-order chi connectivity index (χ0) is 20.0. The van der Waals surface area contributed by atoms with Gasteiger partial charge in [0.25, 0.3) is 11.5 Å². The number of rotatable bonds is 8. The van der Waals surface area contributed by atoms with Gasteiger partial charge in [-0.25, -0.2) is 9.78 Å². The van der Waals surface area contributed by atoms with Gasteiger partial charge in [-0.3, -0.25) is 14.2 Å². The molecule has 1 aromatic rings. The largest absolute Gasteiger partial charge is 0.508 e. The molecule has 1 aromatic heterocycles. The van der Waals surface area contributed by atoms with Crippen molar-refractivity contribution < 1.29 is 39.1 Å². The van der Waals surface area contributed by atoms with Gasteiger partial charge in [0.1, 0.15) is 24.9 Å². The van der Waals surface area contributed by atoms with Gasteiger partial charge in [0.15, 0.2) is 11.9 Å². The van der Waals surface area contributed by atoms with E-state index in [2.05, 4.69) is 4.98 Å². The molecular weight excluding hydrogens is 366 g/mol. The molecule has 2 heterocycles. The zero-order valence-corrected chi connectivity index (χ0v) is 14.3. The number of carbonyl (C=O) groups is 2. The number of aliphatic hydroxyl groups excluding tert-OH is 3. The lowest BCUT2D eigenvalue weighted by Crippen LogP contribution is -2.38. The van der Waals surface area contributed by atoms with Crippen LogP contribution in [-0.4, -0.2) is 75.1 Å². The van der Waals surface area contributed by atoms with Crippen LogP contribution in [0.1, 0.15) is 29.6 Å². The fourth-order valence-corrected chi connectivity index (χ4v) is 2.45. The first-order valence-corrected chi connectivity index (χ1v) is 8.15. The number of ether oxygens (including phenoxy) is 3. The third-order valence-electron chi connectivity index (χ3n) is 3.85. The summed E-state index contributed by atoms with van der Waals surface area (Å²) in [6.07, 6.45) is -3.24. The molecule has 4 atom stereocenters. The number of hydrogen-bond donors (Lipinski definition) is 4. The van der Waals surface area contributed by atoms with E-state index in [1.165, 1.54) is 0 Å². The number of carbonyl (C=O) groups excluding carboxylic acids is 2. The molecule has 27 heavy (non-hydrogen) atoms. The highest BCUT2D eigenvalue weighted by atomic mass is 16.7. The highest BCUT2D eigenvalue weighted by Gasteiger charge is 2.45. The molecule has 2 rings (SSSR count). The summed E-state index contributed by atoms with van der Waals surface area (Å²) >= 11 is 0. The SMILES string of the molecule is NC(=O)c1nccn([C@@H]2O[C@H](COC(=O)OCCCCO)[C@@H](O)[C@H]2O)c1=O. The van der Waals surface area contributed by atoms with Crippen LogP contribution in [0.4, 0.5) is 4.79 Å². The molecule has 0 unspecified atom stereocenters. The topological polar surface area (TPSA) is 183 Å². The van der Waals surface area contributed by atoms with E-state index in [9.17, 15) is 24.6 Å². The van der Waals surface area contributed by atoms with E-state index in [0.717, 1.165) is 17.0 Å². The average Bonchev–Trinajstić information content (AvgIpc) is 2.92. The average molecular weight is 387 g/mol. The molecular formula is C15H21N3O9. The summed E-state index contributed by atoms with van der Waals surface area (Å²) in [6, 6.07) is 0. The molecule has 0 aromatic carbocycles. The molecule has 1 fully saturated rings. The second-order valence-corrected chi connectivity index (χ2v) is 5.74. The van der Waals surface area contributed by atoms with E-state index in [0.29, 0.717) is 12.8 Å². The van der Waals surface area contributed by atoms with E-state index in [1.54, 1.807) is 0 Å². The van der Waals surface area contributed by atoms with Crippen LogP contribution in [0.2, 0.25) is 0 Å². The van der Waals surface area contributed by atoms with Gasteiger partial charge in [0.2, 0.25) is 0 Å². The molecule has 12 heteroatoms. The fourth-order valence-electron chi connectivity index (χ4n) is 2.45. The van der Waals surface area contributed by atoms with Gasteiger partial charge in [0.05, 0.1) is 6.61 Å². The third kappa shape index (κ3) is 5.01. The Kier molecular flexibility index (Phi) is 7.24. The molecule has 1 saturated heterocycles. The van der Waals surface area contributed by atoms with Gasteiger partial charge in [-0.1, -0.05) is 0 Å². The van der Waals surface area contributed by atoms with Crippen LogP contribution < -0.4 is 11.3 Å². The van der Waals surface area contributed by atoms with Crippen LogP contribution in [0.25, 0.3) is 0 Å². The van der Waals surface area contributed by atoms with Crippen LogP contribution in [-0.2, 0) is 14.2 Å². The van der Waals surface area contributed by atoms with Crippen molar-refractivity contribution in [3.05, 3.63) is 28.4 Å². The molecule has 1 amide bonds. The van der Waals surface area contributed by atoms with Crippen LogP contribution in [0.3, 0.4) is 0 Å². The highest BCUT2D eigenvalue weighted by molar-refractivity contribution is 5.90. The number of nitrogens with two attached hydrogens (primary N) is 1. The van der Waals surface area contributed by atoms with Crippen molar-refractivity contribution in [2.45, 2.75) is 37.4 Å². The van der Waals surface area contributed by atoms with Gasteiger partial charge in [-0.15, -0.1) is 0 Å². The Hall–Kier alpha value is -2.54. The van der Waals surface area contributed by atoms with E-state index in [4.69, 9.17) is 25.1 Å². The van der Waals surface area contributed by atoms with E-state index in [1.807, 2.05) is 0 Å². The Morgan fingerprint density at radius 2 is 2.00 bits per heavy atom. The van der Waals surface area contributed by atoms with Crippen molar-refractivity contribution in [3.63, 3.8) is 0 Å². The van der Waals surface area contributed by atoms with Crippen LogP contribution in [0, 0.1) is 0 Å². The van der Waals surface area contributed by atoms with Gasteiger partial charge in [-0.05, 0) is 12.8 Å². The summed E-state index contributed by atoms with van der Waals surface area (Å²) in [5.41, 5.74) is 3.61. The lowest BCUT2D eigenvalue weighted by Gasteiger charge is -2.17. The molecule has 150 valence electrons. The first-order valence-electron chi connectivity index (χ1n) is 8.15. The lowest BCUT2D eigenvalue weighted by atomic mass is 10.1. The first kappa shape index (κ1) is 20.8. The van der Waals surface area contributed by atoms with Crippen LogP contribution >= 0.6 is 0 Å². The van der Waals surface area contributed by atoms with Gasteiger partial charge in [0, 0.05) is 19.0 Å².